The van der Waals surface area contributed by atoms with Crippen molar-refractivity contribution in [2.24, 2.45) is 0 Å². The third kappa shape index (κ3) is 3.12. The molecule has 1 unspecified atom stereocenters. The van der Waals surface area contributed by atoms with Crippen molar-refractivity contribution in [3.8, 4) is 0 Å². The van der Waals surface area contributed by atoms with Gasteiger partial charge in [0.25, 0.3) is 0 Å². The van der Waals surface area contributed by atoms with Crippen molar-refractivity contribution >= 4 is 17.7 Å². The molecule has 11 heavy (non-hydrogen) atoms. The number of hydrogen-bond acceptors (Lipinski definition) is 3. The van der Waals surface area contributed by atoms with Gasteiger partial charge in [0.2, 0.25) is 5.91 Å². The van der Waals surface area contributed by atoms with Crippen LogP contribution in [0.2, 0.25) is 0 Å². The third-order valence-corrected chi connectivity index (χ3v) is 2.71. The van der Waals surface area contributed by atoms with Crippen LogP contribution in [0.1, 0.15) is 13.3 Å². The maximum Gasteiger partial charge on any atom is 0.222 e. The molecule has 0 spiro atoms. The SMILES string of the molecule is CCNC(=O)CC1NCCS1. The highest BCUT2D eigenvalue weighted by Crippen LogP contribution is 2.16. The Bertz CT molecular complexity index is 134. The molecule has 2 N–H and O–H groups in total. The van der Waals surface area contributed by atoms with Crippen LogP contribution >= 0.6 is 11.8 Å². The van der Waals surface area contributed by atoms with Crippen LogP contribution in [0, 0.1) is 0 Å². The maximum atomic E-state index is 11.0. The van der Waals surface area contributed by atoms with Crippen LogP contribution in [0.25, 0.3) is 0 Å². The first-order valence-electron chi connectivity index (χ1n) is 3.94. The second kappa shape index (κ2) is 4.62. The Balaban J connectivity index is 2.13. The first-order chi connectivity index (χ1) is 5.33. The molecule has 1 saturated heterocycles. The molecule has 1 heterocycles. The molecule has 4 heteroatoms. The summed E-state index contributed by atoms with van der Waals surface area (Å²) in [5, 5.41) is 6.38. The van der Waals surface area contributed by atoms with E-state index in [0.717, 1.165) is 18.8 Å². The molecular formula is C7H14N2OS. The van der Waals surface area contributed by atoms with Gasteiger partial charge >= 0.3 is 0 Å². The number of rotatable bonds is 3. The van der Waals surface area contributed by atoms with Gasteiger partial charge in [-0.3, -0.25) is 4.79 Å². The highest BCUT2D eigenvalue weighted by atomic mass is 32.2. The second-order valence-corrected chi connectivity index (χ2v) is 3.78. The fourth-order valence-corrected chi connectivity index (χ4v) is 2.07. The lowest BCUT2D eigenvalue weighted by molar-refractivity contribution is -0.121. The maximum absolute atomic E-state index is 11.0. The van der Waals surface area contributed by atoms with Gasteiger partial charge in [-0.2, -0.15) is 0 Å². The van der Waals surface area contributed by atoms with E-state index in [1.807, 2.05) is 18.7 Å². The van der Waals surface area contributed by atoms with Crippen molar-refractivity contribution in [3.05, 3.63) is 0 Å². The fraction of sp³-hybridized carbons (Fsp3) is 0.857. The number of nitrogens with one attached hydrogen (secondary N) is 2. The van der Waals surface area contributed by atoms with E-state index in [1.54, 1.807) is 0 Å². The number of amides is 1. The van der Waals surface area contributed by atoms with E-state index in [4.69, 9.17) is 0 Å². The summed E-state index contributed by atoms with van der Waals surface area (Å²) < 4.78 is 0. The van der Waals surface area contributed by atoms with Crippen LogP contribution in [0.4, 0.5) is 0 Å². The minimum atomic E-state index is 0.152. The predicted molar refractivity (Wildman–Crippen MR) is 47.5 cm³/mol. The molecule has 1 aliphatic rings. The molecule has 1 fully saturated rings. The van der Waals surface area contributed by atoms with Gasteiger partial charge in [-0.25, -0.2) is 0 Å². The largest absolute Gasteiger partial charge is 0.356 e. The Morgan fingerprint density at radius 3 is 3.18 bits per heavy atom. The molecule has 0 saturated carbocycles. The topological polar surface area (TPSA) is 41.1 Å². The Hall–Kier alpha value is -0.220. The number of carbonyl (C=O) groups is 1. The zero-order valence-electron chi connectivity index (χ0n) is 6.72. The van der Waals surface area contributed by atoms with E-state index in [1.165, 1.54) is 0 Å². The zero-order chi connectivity index (χ0) is 8.10. The molecule has 1 rings (SSSR count). The summed E-state index contributed by atoms with van der Waals surface area (Å²) in [6.45, 7) is 3.71. The minimum Gasteiger partial charge on any atom is -0.356 e. The summed E-state index contributed by atoms with van der Waals surface area (Å²) in [6.07, 6.45) is 0.610. The normalized spacial score (nSPS) is 23.5. The lowest BCUT2D eigenvalue weighted by Gasteiger charge is -2.07. The highest BCUT2D eigenvalue weighted by molar-refractivity contribution is 8.00. The molecule has 0 aromatic heterocycles. The van der Waals surface area contributed by atoms with Crippen molar-refractivity contribution in [2.75, 3.05) is 18.8 Å². The van der Waals surface area contributed by atoms with Crippen molar-refractivity contribution in [1.29, 1.82) is 0 Å². The summed E-state index contributed by atoms with van der Waals surface area (Å²) in [6, 6.07) is 0. The summed E-state index contributed by atoms with van der Waals surface area (Å²) >= 11 is 1.82. The van der Waals surface area contributed by atoms with Crippen LogP contribution in [-0.2, 0) is 4.79 Å². The molecule has 0 radical (unpaired) electrons. The quantitative estimate of drug-likeness (QED) is 0.641. The predicted octanol–water partition coefficient (Wildman–Crippen LogP) is 0.175. The van der Waals surface area contributed by atoms with Crippen molar-refractivity contribution < 1.29 is 4.79 Å². The molecule has 3 nitrogen and oxygen atoms in total. The zero-order valence-corrected chi connectivity index (χ0v) is 7.54. The van der Waals surface area contributed by atoms with Crippen molar-refractivity contribution in [2.45, 2.75) is 18.7 Å². The van der Waals surface area contributed by atoms with Gasteiger partial charge in [0.15, 0.2) is 0 Å². The standard InChI is InChI=1S/C7H14N2OS/c1-2-8-6(10)5-7-9-3-4-11-7/h7,9H,2-5H2,1H3,(H,8,10). The van der Waals surface area contributed by atoms with Gasteiger partial charge in [0.05, 0.1) is 11.8 Å². The molecule has 0 aliphatic carbocycles. The van der Waals surface area contributed by atoms with Crippen molar-refractivity contribution in [1.82, 2.24) is 10.6 Å². The fourth-order valence-electron chi connectivity index (χ4n) is 1.05. The van der Waals surface area contributed by atoms with Gasteiger partial charge in [-0.1, -0.05) is 0 Å². The summed E-state index contributed by atoms with van der Waals surface area (Å²) in [5.74, 6) is 1.28. The van der Waals surface area contributed by atoms with E-state index in [-0.39, 0.29) is 5.91 Å². The van der Waals surface area contributed by atoms with Crippen molar-refractivity contribution in [3.63, 3.8) is 0 Å². The van der Waals surface area contributed by atoms with Gasteiger partial charge in [-0.05, 0) is 6.92 Å². The van der Waals surface area contributed by atoms with E-state index in [0.29, 0.717) is 11.8 Å². The molecule has 1 aliphatic heterocycles. The summed E-state index contributed by atoms with van der Waals surface area (Å²) in [4.78, 5) is 11.0. The molecular weight excluding hydrogens is 160 g/mol. The lowest BCUT2D eigenvalue weighted by Crippen LogP contribution is -2.30. The smallest absolute Gasteiger partial charge is 0.222 e. The average Bonchev–Trinajstić information content (AvgIpc) is 2.40. The first kappa shape index (κ1) is 8.87. The van der Waals surface area contributed by atoms with Gasteiger partial charge in [-0.15, -0.1) is 11.8 Å². The van der Waals surface area contributed by atoms with Gasteiger partial charge in [0, 0.05) is 18.8 Å². The van der Waals surface area contributed by atoms with Crippen LogP contribution in [0.3, 0.4) is 0 Å². The second-order valence-electron chi connectivity index (χ2n) is 2.47. The summed E-state index contributed by atoms with van der Waals surface area (Å²) in [5.41, 5.74) is 0. The Morgan fingerprint density at radius 1 is 1.82 bits per heavy atom. The summed E-state index contributed by atoms with van der Waals surface area (Å²) in [7, 11) is 0. The Kier molecular flexibility index (Phi) is 3.72. The Morgan fingerprint density at radius 2 is 2.64 bits per heavy atom. The van der Waals surface area contributed by atoms with Crippen LogP contribution in [0.15, 0.2) is 0 Å². The molecule has 0 aromatic carbocycles. The molecule has 64 valence electrons. The van der Waals surface area contributed by atoms with E-state index < -0.39 is 0 Å². The molecule has 1 amide bonds. The average molecular weight is 174 g/mol. The van der Waals surface area contributed by atoms with Crippen LogP contribution < -0.4 is 10.6 Å². The number of hydrogen-bond donors (Lipinski definition) is 2. The minimum absolute atomic E-state index is 0.152. The molecule has 0 bridgehead atoms. The first-order valence-corrected chi connectivity index (χ1v) is 4.99. The van der Waals surface area contributed by atoms with Gasteiger partial charge in [0.1, 0.15) is 0 Å². The van der Waals surface area contributed by atoms with E-state index in [2.05, 4.69) is 10.6 Å². The van der Waals surface area contributed by atoms with Crippen LogP contribution in [0.5, 0.6) is 0 Å². The van der Waals surface area contributed by atoms with E-state index in [9.17, 15) is 4.79 Å². The monoisotopic (exact) mass is 174 g/mol. The third-order valence-electron chi connectivity index (χ3n) is 1.54. The highest BCUT2D eigenvalue weighted by Gasteiger charge is 2.17. The lowest BCUT2D eigenvalue weighted by atomic mass is 10.4. The number of thioether (sulfide) groups is 1. The van der Waals surface area contributed by atoms with E-state index >= 15 is 0 Å². The molecule has 1 atom stereocenters. The van der Waals surface area contributed by atoms with Gasteiger partial charge < -0.3 is 10.6 Å². The Labute approximate surface area is 71.3 Å². The molecule has 0 aromatic rings. The number of carbonyl (C=O) groups excluding carboxylic acids is 1. The van der Waals surface area contributed by atoms with Crippen LogP contribution in [-0.4, -0.2) is 30.1 Å².